The summed E-state index contributed by atoms with van der Waals surface area (Å²) in [5.74, 6) is 0.355. The van der Waals surface area contributed by atoms with Crippen molar-refractivity contribution in [2.24, 2.45) is 5.92 Å². The third kappa shape index (κ3) is 4.21. The topological polar surface area (TPSA) is 72.2 Å². The summed E-state index contributed by atoms with van der Waals surface area (Å²) in [6, 6.07) is 3.21. The van der Waals surface area contributed by atoms with Gasteiger partial charge in [0.25, 0.3) is 0 Å². The zero-order chi connectivity index (χ0) is 15.6. The van der Waals surface area contributed by atoms with E-state index in [2.05, 4.69) is 43.5 Å². The van der Waals surface area contributed by atoms with Gasteiger partial charge in [0.05, 0.1) is 0 Å². The zero-order valence-corrected chi connectivity index (χ0v) is 15.9. The van der Waals surface area contributed by atoms with E-state index in [9.17, 15) is 8.42 Å². The second-order valence-corrected chi connectivity index (χ2v) is 9.02. The molecule has 0 saturated heterocycles. The van der Waals surface area contributed by atoms with E-state index in [1.165, 1.54) is 12.8 Å². The van der Waals surface area contributed by atoms with Crippen LogP contribution < -0.4 is 10.5 Å². The number of benzene rings is 1. The fourth-order valence-electron chi connectivity index (χ4n) is 2.76. The maximum absolute atomic E-state index is 12.7. The van der Waals surface area contributed by atoms with E-state index in [1.54, 1.807) is 12.1 Å². The van der Waals surface area contributed by atoms with Gasteiger partial charge in [-0.3, -0.25) is 0 Å². The van der Waals surface area contributed by atoms with Crippen LogP contribution in [0.1, 0.15) is 39.0 Å². The number of rotatable bonds is 3. The van der Waals surface area contributed by atoms with Gasteiger partial charge in [0.2, 0.25) is 10.0 Å². The van der Waals surface area contributed by atoms with Crippen LogP contribution in [-0.2, 0) is 10.0 Å². The summed E-state index contributed by atoms with van der Waals surface area (Å²) >= 11 is 6.60. The predicted molar refractivity (Wildman–Crippen MR) is 92.6 cm³/mol. The average Bonchev–Trinajstić information content (AvgIpc) is 2.52. The van der Waals surface area contributed by atoms with Crippen LogP contribution in [0, 0.1) is 5.92 Å². The Balaban J connectivity index is 2.30. The van der Waals surface area contributed by atoms with E-state index in [4.69, 9.17) is 5.73 Å². The van der Waals surface area contributed by atoms with Crippen LogP contribution in [0.5, 0.6) is 0 Å². The molecule has 0 spiro atoms. The number of hydrogen-bond donors (Lipinski definition) is 2. The second kappa shape index (κ2) is 6.98. The van der Waals surface area contributed by atoms with Gasteiger partial charge in [-0.25, -0.2) is 13.1 Å². The van der Waals surface area contributed by atoms with Crippen molar-refractivity contribution in [2.75, 3.05) is 5.73 Å². The number of sulfonamides is 1. The molecule has 118 valence electrons. The molecule has 1 fully saturated rings. The first kappa shape index (κ1) is 17.2. The Morgan fingerprint density at radius 1 is 1.14 bits per heavy atom. The quantitative estimate of drug-likeness (QED) is 0.551. The smallest absolute Gasteiger partial charge is 0.243 e. The number of anilines is 1. The number of hydrogen-bond acceptors (Lipinski definition) is 3. The van der Waals surface area contributed by atoms with Crippen molar-refractivity contribution < 1.29 is 8.42 Å². The lowest BCUT2D eigenvalue weighted by Gasteiger charge is -2.23. The van der Waals surface area contributed by atoms with Gasteiger partial charge in [0.1, 0.15) is 4.90 Å². The molecule has 0 amide bonds. The molecular formula is C14H20Br2N2O2S. The van der Waals surface area contributed by atoms with Crippen LogP contribution >= 0.6 is 31.9 Å². The maximum Gasteiger partial charge on any atom is 0.243 e. The van der Waals surface area contributed by atoms with Crippen molar-refractivity contribution in [3.8, 4) is 0 Å². The molecule has 3 N–H and O–H groups in total. The van der Waals surface area contributed by atoms with E-state index >= 15 is 0 Å². The van der Waals surface area contributed by atoms with Gasteiger partial charge in [-0.05, 0) is 62.8 Å². The molecule has 1 aromatic carbocycles. The van der Waals surface area contributed by atoms with Gasteiger partial charge >= 0.3 is 0 Å². The van der Waals surface area contributed by atoms with Crippen LogP contribution in [0.2, 0.25) is 0 Å². The normalized spacial score (nSPS) is 23.8. The third-order valence-corrected chi connectivity index (χ3v) is 7.32. The lowest BCUT2D eigenvalue weighted by Crippen LogP contribution is -2.39. The number of nitrogen functional groups attached to an aromatic ring is 1. The summed E-state index contributed by atoms with van der Waals surface area (Å²) in [6.07, 6.45) is 5.38. The molecule has 4 nitrogen and oxygen atoms in total. The number of nitrogens with one attached hydrogen (secondary N) is 1. The molecule has 1 aliphatic rings. The molecule has 2 unspecified atom stereocenters. The Morgan fingerprint density at radius 2 is 1.71 bits per heavy atom. The van der Waals surface area contributed by atoms with Crippen LogP contribution in [0.4, 0.5) is 5.69 Å². The van der Waals surface area contributed by atoms with Crippen LogP contribution in [-0.4, -0.2) is 14.5 Å². The summed E-state index contributed by atoms with van der Waals surface area (Å²) in [7, 11) is -3.59. The zero-order valence-electron chi connectivity index (χ0n) is 11.9. The van der Waals surface area contributed by atoms with Crippen molar-refractivity contribution in [1.29, 1.82) is 0 Å². The summed E-state index contributed by atoms with van der Waals surface area (Å²) in [5.41, 5.74) is 6.23. The highest BCUT2D eigenvalue weighted by molar-refractivity contribution is 9.11. The molecule has 0 radical (unpaired) electrons. The van der Waals surface area contributed by atoms with Gasteiger partial charge in [0, 0.05) is 20.7 Å². The molecule has 1 saturated carbocycles. The third-order valence-electron chi connectivity index (χ3n) is 3.96. The van der Waals surface area contributed by atoms with Gasteiger partial charge < -0.3 is 5.73 Å². The molecule has 2 atom stereocenters. The largest absolute Gasteiger partial charge is 0.399 e. The van der Waals surface area contributed by atoms with Crippen molar-refractivity contribution >= 4 is 47.6 Å². The standard InChI is InChI=1S/C14H20Br2N2O2S/c1-9-5-3-2-4-6-13(9)18-21(19,20)14-11(15)7-10(17)8-12(14)16/h7-9,13,18H,2-6,17H2,1H3. The van der Waals surface area contributed by atoms with Crippen LogP contribution in [0.3, 0.4) is 0 Å². The summed E-state index contributed by atoms with van der Waals surface area (Å²) in [6.45, 7) is 2.12. The van der Waals surface area contributed by atoms with Crippen molar-refractivity contribution in [1.82, 2.24) is 4.72 Å². The SMILES string of the molecule is CC1CCCCCC1NS(=O)(=O)c1c(Br)cc(N)cc1Br. The lowest BCUT2D eigenvalue weighted by atomic mass is 9.98. The van der Waals surface area contributed by atoms with Crippen molar-refractivity contribution in [3.63, 3.8) is 0 Å². The van der Waals surface area contributed by atoms with E-state index in [0.29, 0.717) is 20.6 Å². The predicted octanol–water partition coefficient (Wildman–Crippen LogP) is 4.04. The minimum Gasteiger partial charge on any atom is -0.399 e. The van der Waals surface area contributed by atoms with E-state index in [-0.39, 0.29) is 10.9 Å². The second-order valence-electron chi connectivity index (χ2n) is 5.66. The first-order valence-corrected chi connectivity index (χ1v) is 10.1. The molecule has 21 heavy (non-hydrogen) atoms. The molecule has 1 aromatic rings. The first-order chi connectivity index (χ1) is 9.81. The Kier molecular flexibility index (Phi) is 5.73. The fraction of sp³-hybridized carbons (Fsp3) is 0.571. The summed E-state index contributed by atoms with van der Waals surface area (Å²) in [4.78, 5) is 0.216. The Bertz CT molecular complexity index is 596. The molecule has 1 aliphatic carbocycles. The maximum atomic E-state index is 12.7. The minimum atomic E-state index is -3.59. The van der Waals surface area contributed by atoms with E-state index in [0.717, 1.165) is 19.3 Å². The molecule has 0 bridgehead atoms. The highest BCUT2D eigenvalue weighted by Crippen LogP contribution is 2.33. The van der Waals surface area contributed by atoms with Gasteiger partial charge in [0.15, 0.2) is 0 Å². The fourth-order valence-corrected chi connectivity index (χ4v) is 6.76. The van der Waals surface area contributed by atoms with E-state index in [1.807, 2.05) is 0 Å². The highest BCUT2D eigenvalue weighted by Gasteiger charge is 2.28. The van der Waals surface area contributed by atoms with E-state index < -0.39 is 10.0 Å². The highest BCUT2D eigenvalue weighted by atomic mass is 79.9. The number of halogens is 2. The molecule has 2 rings (SSSR count). The number of nitrogens with two attached hydrogens (primary N) is 1. The Hall–Kier alpha value is -0.110. The monoisotopic (exact) mass is 438 g/mol. The lowest BCUT2D eigenvalue weighted by molar-refractivity contribution is 0.399. The average molecular weight is 440 g/mol. The Labute approximate surface area is 143 Å². The van der Waals surface area contributed by atoms with Gasteiger partial charge in [-0.2, -0.15) is 0 Å². The summed E-state index contributed by atoms with van der Waals surface area (Å²) < 4.78 is 29.2. The molecule has 0 aliphatic heterocycles. The van der Waals surface area contributed by atoms with Crippen molar-refractivity contribution in [3.05, 3.63) is 21.1 Å². The Morgan fingerprint density at radius 3 is 2.33 bits per heavy atom. The van der Waals surface area contributed by atoms with Crippen molar-refractivity contribution in [2.45, 2.75) is 50.0 Å². The van der Waals surface area contributed by atoms with Crippen LogP contribution in [0.15, 0.2) is 26.0 Å². The first-order valence-electron chi connectivity index (χ1n) is 7.08. The van der Waals surface area contributed by atoms with Crippen LogP contribution in [0.25, 0.3) is 0 Å². The molecular weight excluding hydrogens is 420 g/mol. The molecule has 7 heteroatoms. The summed E-state index contributed by atoms with van der Waals surface area (Å²) in [5, 5.41) is 0. The van der Waals surface area contributed by atoms with Gasteiger partial charge in [-0.1, -0.05) is 26.2 Å². The minimum absolute atomic E-state index is 0.00569. The molecule has 0 aromatic heterocycles. The van der Waals surface area contributed by atoms with Gasteiger partial charge in [-0.15, -0.1) is 0 Å². The molecule has 0 heterocycles.